The minimum absolute atomic E-state index is 0.187. The summed E-state index contributed by atoms with van der Waals surface area (Å²) >= 11 is 0. The number of nitriles is 2. The Morgan fingerprint density at radius 2 is 1.40 bits per heavy atom. The predicted octanol–water partition coefficient (Wildman–Crippen LogP) is 2.94. The van der Waals surface area contributed by atoms with Crippen molar-refractivity contribution in [1.29, 1.82) is 10.5 Å². The van der Waals surface area contributed by atoms with Gasteiger partial charge in [-0.25, -0.2) is 8.42 Å². The van der Waals surface area contributed by atoms with Gasteiger partial charge in [-0.2, -0.15) is 10.5 Å². The topological polar surface area (TPSA) is 122 Å². The van der Waals surface area contributed by atoms with Gasteiger partial charge in [-0.1, -0.05) is 36.4 Å². The molecule has 0 atom stereocenters. The SMILES string of the molecule is N#C/C(=C\c1ccccc1)S(=O)(=O)/C(C#N)=C/c1ccc(O)c(O)c1. The molecule has 0 fully saturated rings. The minimum atomic E-state index is -4.33. The molecule has 7 heteroatoms. The summed E-state index contributed by atoms with van der Waals surface area (Å²) in [6.07, 6.45) is 2.19. The molecule has 0 bridgehead atoms. The summed E-state index contributed by atoms with van der Waals surface area (Å²) in [5, 5.41) is 37.2. The third-order valence-electron chi connectivity index (χ3n) is 3.19. The highest BCUT2D eigenvalue weighted by Gasteiger charge is 2.24. The largest absolute Gasteiger partial charge is 0.504 e. The quantitative estimate of drug-likeness (QED) is 0.644. The van der Waals surface area contributed by atoms with Crippen molar-refractivity contribution >= 4 is 22.0 Å². The van der Waals surface area contributed by atoms with Crippen molar-refractivity contribution in [1.82, 2.24) is 0 Å². The van der Waals surface area contributed by atoms with Gasteiger partial charge in [-0.15, -0.1) is 0 Å². The van der Waals surface area contributed by atoms with Crippen LogP contribution >= 0.6 is 0 Å². The highest BCUT2D eigenvalue weighted by molar-refractivity contribution is 7.99. The first-order valence-corrected chi connectivity index (χ1v) is 8.42. The highest BCUT2D eigenvalue weighted by Crippen LogP contribution is 2.27. The van der Waals surface area contributed by atoms with Crippen molar-refractivity contribution in [3.63, 3.8) is 0 Å². The molecule has 0 radical (unpaired) electrons. The lowest BCUT2D eigenvalue weighted by Gasteiger charge is -2.03. The molecule has 25 heavy (non-hydrogen) atoms. The Balaban J connectivity index is 2.52. The van der Waals surface area contributed by atoms with Gasteiger partial charge in [0, 0.05) is 0 Å². The second-order valence-corrected chi connectivity index (χ2v) is 6.79. The monoisotopic (exact) mass is 352 g/mol. The normalized spacial score (nSPS) is 12.2. The van der Waals surface area contributed by atoms with Crippen LogP contribution in [0.1, 0.15) is 11.1 Å². The van der Waals surface area contributed by atoms with Crippen LogP contribution in [0.4, 0.5) is 0 Å². The standard InChI is InChI=1S/C18H12N2O4S/c19-11-15(8-13-4-2-1-3-5-13)25(23,24)16(12-20)9-14-6-7-17(21)18(22)10-14/h1-10,21-22H/b15-8+,16-9+. The summed E-state index contributed by atoms with van der Waals surface area (Å²) in [4.78, 5) is -1.23. The first-order valence-electron chi connectivity index (χ1n) is 6.94. The number of phenolic OH excluding ortho intramolecular Hbond substituents is 2. The highest BCUT2D eigenvalue weighted by atomic mass is 32.2. The molecule has 6 nitrogen and oxygen atoms in total. The third-order valence-corrected chi connectivity index (χ3v) is 4.77. The van der Waals surface area contributed by atoms with E-state index in [0.717, 1.165) is 18.2 Å². The first kappa shape index (κ1) is 17.8. The van der Waals surface area contributed by atoms with Crippen molar-refractivity contribution in [2.75, 3.05) is 0 Å². The zero-order valence-electron chi connectivity index (χ0n) is 12.8. The van der Waals surface area contributed by atoms with Gasteiger partial charge in [0.05, 0.1) is 0 Å². The van der Waals surface area contributed by atoms with E-state index in [4.69, 9.17) is 0 Å². The van der Waals surface area contributed by atoms with Crippen molar-refractivity contribution in [3.05, 3.63) is 69.5 Å². The molecule has 2 rings (SSSR count). The third kappa shape index (κ3) is 4.05. The summed E-state index contributed by atoms with van der Waals surface area (Å²) in [6, 6.07) is 15.1. The molecule has 0 unspecified atom stereocenters. The number of sulfone groups is 1. The maximum atomic E-state index is 12.6. The lowest BCUT2D eigenvalue weighted by molar-refractivity contribution is 0.403. The zero-order valence-corrected chi connectivity index (χ0v) is 13.6. The Morgan fingerprint density at radius 1 is 0.840 bits per heavy atom. The smallest absolute Gasteiger partial charge is 0.226 e. The van der Waals surface area contributed by atoms with Crippen LogP contribution in [0.25, 0.3) is 12.2 Å². The van der Waals surface area contributed by atoms with Crippen LogP contribution in [-0.4, -0.2) is 18.6 Å². The Morgan fingerprint density at radius 3 is 1.92 bits per heavy atom. The van der Waals surface area contributed by atoms with Gasteiger partial charge in [-0.05, 0) is 35.4 Å². The van der Waals surface area contributed by atoms with Gasteiger partial charge in [0.2, 0.25) is 9.84 Å². The number of aromatic hydroxyl groups is 2. The molecule has 0 spiro atoms. The fraction of sp³-hybridized carbons (Fsp3) is 0. The Bertz CT molecular complexity index is 1040. The van der Waals surface area contributed by atoms with Crippen LogP contribution in [0, 0.1) is 22.7 Å². The van der Waals surface area contributed by atoms with E-state index in [-0.39, 0.29) is 11.3 Å². The van der Waals surface area contributed by atoms with Gasteiger partial charge >= 0.3 is 0 Å². The van der Waals surface area contributed by atoms with Crippen LogP contribution in [0.15, 0.2) is 58.3 Å². The molecular weight excluding hydrogens is 340 g/mol. The fourth-order valence-corrected chi connectivity index (χ4v) is 3.00. The molecule has 0 aliphatic carbocycles. The Labute approximate surface area is 144 Å². The van der Waals surface area contributed by atoms with E-state index in [1.165, 1.54) is 12.1 Å². The van der Waals surface area contributed by atoms with Crippen LogP contribution < -0.4 is 0 Å². The number of allylic oxidation sites excluding steroid dienone is 2. The van der Waals surface area contributed by atoms with E-state index in [0.29, 0.717) is 5.56 Å². The van der Waals surface area contributed by atoms with Gasteiger partial charge in [0.15, 0.2) is 21.3 Å². The van der Waals surface area contributed by atoms with E-state index >= 15 is 0 Å². The van der Waals surface area contributed by atoms with E-state index in [2.05, 4.69) is 0 Å². The summed E-state index contributed by atoms with van der Waals surface area (Å²) < 4.78 is 25.1. The molecule has 0 aliphatic rings. The lowest BCUT2D eigenvalue weighted by Crippen LogP contribution is -2.05. The molecule has 0 amide bonds. The van der Waals surface area contributed by atoms with Crippen molar-refractivity contribution in [3.8, 4) is 23.6 Å². The van der Waals surface area contributed by atoms with Gasteiger partial charge in [0.1, 0.15) is 12.1 Å². The molecule has 2 aromatic carbocycles. The van der Waals surface area contributed by atoms with E-state index in [1.807, 2.05) is 0 Å². The van der Waals surface area contributed by atoms with E-state index in [9.17, 15) is 29.2 Å². The number of hydrogen-bond acceptors (Lipinski definition) is 6. The predicted molar refractivity (Wildman–Crippen MR) is 92.3 cm³/mol. The number of benzene rings is 2. The lowest BCUT2D eigenvalue weighted by atomic mass is 10.2. The minimum Gasteiger partial charge on any atom is -0.504 e. The Kier molecular flexibility index (Phi) is 5.23. The summed E-state index contributed by atoms with van der Waals surface area (Å²) in [7, 11) is -4.33. The Hall–Kier alpha value is -3.55. The van der Waals surface area contributed by atoms with Crippen LogP contribution in [0.3, 0.4) is 0 Å². The number of phenols is 2. The summed E-state index contributed by atoms with van der Waals surface area (Å²) in [5.41, 5.74) is 0.689. The maximum Gasteiger partial charge on any atom is 0.226 e. The van der Waals surface area contributed by atoms with Crippen LogP contribution in [0.2, 0.25) is 0 Å². The second-order valence-electron chi connectivity index (χ2n) is 4.90. The zero-order chi connectivity index (χ0) is 18.4. The van der Waals surface area contributed by atoms with Crippen molar-refractivity contribution < 1.29 is 18.6 Å². The van der Waals surface area contributed by atoms with E-state index < -0.39 is 25.4 Å². The summed E-state index contributed by atoms with van der Waals surface area (Å²) in [6.45, 7) is 0. The van der Waals surface area contributed by atoms with Gasteiger partial charge in [0.25, 0.3) is 0 Å². The molecule has 0 saturated heterocycles. The van der Waals surface area contributed by atoms with Gasteiger partial charge < -0.3 is 10.2 Å². The van der Waals surface area contributed by atoms with Crippen LogP contribution in [-0.2, 0) is 9.84 Å². The maximum absolute atomic E-state index is 12.6. The molecule has 0 heterocycles. The fourth-order valence-electron chi connectivity index (χ4n) is 1.94. The van der Waals surface area contributed by atoms with Crippen LogP contribution in [0.5, 0.6) is 11.5 Å². The molecule has 2 aromatic rings. The molecular formula is C18H12N2O4S. The molecule has 0 saturated carbocycles. The number of hydrogen-bond donors (Lipinski definition) is 2. The van der Waals surface area contributed by atoms with E-state index in [1.54, 1.807) is 42.5 Å². The average Bonchev–Trinajstić information content (AvgIpc) is 2.61. The van der Waals surface area contributed by atoms with Crippen molar-refractivity contribution in [2.24, 2.45) is 0 Å². The average molecular weight is 352 g/mol. The molecule has 0 aliphatic heterocycles. The van der Waals surface area contributed by atoms with Gasteiger partial charge in [-0.3, -0.25) is 0 Å². The number of nitrogens with zero attached hydrogens (tertiary/aromatic N) is 2. The number of rotatable bonds is 4. The second kappa shape index (κ2) is 7.35. The molecule has 124 valence electrons. The molecule has 0 aromatic heterocycles. The van der Waals surface area contributed by atoms with Crippen molar-refractivity contribution in [2.45, 2.75) is 0 Å². The summed E-state index contributed by atoms with van der Waals surface area (Å²) in [5.74, 6) is -0.830. The molecule has 2 N–H and O–H groups in total. The first-order chi connectivity index (χ1) is 11.9.